The van der Waals surface area contributed by atoms with Gasteiger partial charge in [0.2, 0.25) is 15.9 Å². The third kappa shape index (κ3) is 6.80. The normalized spacial score (nSPS) is 15.9. The van der Waals surface area contributed by atoms with Gasteiger partial charge >= 0.3 is 0 Å². The number of benzene rings is 2. The molecule has 2 aromatic rings. The second kappa shape index (κ2) is 10.8. The van der Waals surface area contributed by atoms with Gasteiger partial charge in [-0.3, -0.25) is 4.79 Å². The van der Waals surface area contributed by atoms with Crippen molar-refractivity contribution in [2.24, 2.45) is 0 Å². The van der Waals surface area contributed by atoms with Gasteiger partial charge in [-0.15, -0.1) is 0 Å². The van der Waals surface area contributed by atoms with E-state index in [2.05, 4.69) is 10.0 Å². The van der Waals surface area contributed by atoms with Crippen molar-refractivity contribution in [1.82, 2.24) is 10.0 Å². The van der Waals surface area contributed by atoms with Crippen LogP contribution in [0.4, 0.5) is 0 Å². The number of carbonyl (C=O) groups is 1. The average Bonchev–Trinajstić information content (AvgIpc) is 2.78. The first-order chi connectivity index (χ1) is 14.9. The van der Waals surface area contributed by atoms with Crippen LogP contribution in [0.1, 0.15) is 62.6 Å². The topological polar surface area (TPSA) is 84.5 Å². The van der Waals surface area contributed by atoms with Crippen molar-refractivity contribution in [3.63, 3.8) is 0 Å². The van der Waals surface area contributed by atoms with Gasteiger partial charge in [0, 0.05) is 12.5 Å². The lowest BCUT2D eigenvalue weighted by Gasteiger charge is -2.22. The molecule has 1 fully saturated rings. The summed E-state index contributed by atoms with van der Waals surface area (Å²) in [6, 6.07) is 14.4. The Bertz CT molecular complexity index is 950. The Balaban J connectivity index is 1.49. The molecule has 6 nitrogen and oxygen atoms in total. The second-order valence-corrected chi connectivity index (χ2v) is 9.88. The molecule has 2 N–H and O–H groups in total. The number of aryl methyl sites for hydroxylation is 1. The highest BCUT2D eigenvalue weighted by molar-refractivity contribution is 7.89. The largest absolute Gasteiger partial charge is 0.497 e. The Hall–Kier alpha value is -2.38. The number of methoxy groups -OCH3 is 1. The Labute approximate surface area is 185 Å². The van der Waals surface area contributed by atoms with Crippen LogP contribution in [0.3, 0.4) is 0 Å². The Morgan fingerprint density at radius 1 is 1.03 bits per heavy atom. The number of sulfonamides is 1. The third-order valence-electron chi connectivity index (χ3n) is 5.79. The van der Waals surface area contributed by atoms with Crippen molar-refractivity contribution in [1.29, 1.82) is 0 Å². The molecule has 1 atom stereocenters. The van der Waals surface area contributed by atoms with Crippen LogP contribution >= 0.6 is 0 Å². The molecule has 2 aromatic carbocycles. The first-order valence-corrected chi connectivity index (χ1v) is 12.4. The monoisotopic (exact) mass is 444 g/mol. The summed E-state index contributed by atoms with van der Waals surface area (Å²) >= 11 is 0. The number of carbonyl (C=O) groups excluding carboxylic acids is 1. The highest BCUT2D eigenvalue weighted by atomic mass is 32.2. The summed E-state index contributed by atoms with van der Waals surface area (Å²) in [4.78, 5) is 12.6. The zero-order chi connectivity index (χ0) is 22.3. The number of rotatable bonds is 9. The van der Waals surface area contributed by atoms with Gasteiger partial charge in [-0.25, -0.2) is 13.1 Å². The summed E-state index contributed by atoms with van der Waals surface area (Å²) < 4.78 is 33.2. The molecular weight excluding hydrogens is 412 g/mol. The maximum atomic E-state index is 12.6. The van der Waals surface area contributed by atoms with Gasteiger partial charge in [-0.05, 0) is 61.6 Å². The molecule has 1 aliphatic rings. The van der Waals surface area contributed by atoms with Crippen molar-refractivity contribution in [3.8, 4) is 5.75 Å². The maximum absolute atomic E-state index is 12.6. The molecule has 3 rings (SSSR count). The van der Waals surface area contributed by atoms with E-state index in [9.17, 15) is 13.2 Å². The van der Waals surface area contributed by atoms with Crippen LogP contribution in [-0.4, -0.2) is 27.5 Å². The number of nitrogens with one attached hydrogen (secondary N) is 2. The Morgan fingerprint density at radius 3 is 2.29 bits per heavy atom. The fourth-order valence-corrected chi connectivity index (χ4v) is 5.20. The van der Waals surface area contributed by atoms with Crippen molar-refractivity contribution in [3.05, 3.63) is 59.7 Å². The number of hydrogen-bond acceptors (Lipinski definition) is 4. The van der Waals surface area contributed by atoms with Crippen LogP contribution < -0.4 is 14.8 Å². The quantitative estimate of drug-likeness (QED) is 0.609. The number of hydrogen-bond donors (Lipinski definition) is 2. The summed E-state index contributed by atoms with van der Waals surface area (Å²) in [5.41, 5.74) is 1.94. The van der Waals surface area contributed by atoms with Gasteiger partial charge in [0.1, 0.15) is 5.75 Å². The molecule has 0 spiro atoms. The molecule has 0 unspecified atom stereocenters. The van der Waals surface area contributed by atoms with Gasteiger partial charge < -0.3 is 10.1 Å². The fraction of sp³-hybridized carbons (Fsp3) is 0.458. The molecule has 0 aromatic heterocycles. The molecule has 0 bridgehead atoms. The first kappa shape index (κ1) is 23.3. The van der Waals surface area contributed by atoms with E-state index in [1.54, 1.807) is 31.4 Å². The standard InChI is InChI=1S/C24H32N2O4S/c1-18(20-11-13-22(30-2)14-12-20)25-24(27)17-10-19-8-15-23(16-9-19)31(28,29)26-21-6-4-3-5-7-21/h8-9,11-16,18,21,26H,3-7,10,17H2,1-2H3,(H,25,27)/t18-/m0/s1. The lowest BCUT2D eigenvalue weighted by Crippen LogP contribution is -2.36. The molecule has 1 amide bonds. The minimum absolute atomic E-state index is 0.0369. The zero-order valence-corrected chi connectivity index (χ0v) is 19.1. The molecular formula is C24H32N2O4S. The van der Waals surface area contributed by atoms with Gasteiger partial charge in [-0.2, -0.15) is 0 Å². The van der Waals surface area contributed by atoms with Crippen LogP contribution in [0.25, 0.3) is 0 Å². The van der Waals surface area contributed by atoms with Crippen LogP contribution in [0.15, 0.2) is 53.4 Å². The van der Waals surface area contributed by atoms with E-state index in [1.165, 1.54) is 6.42 Å². The van der Waals surface area contributed by atoms with Crippen LogP contribution in [-0.2, 0) is 21.2 Å². The predicted molar refractivity (Wildman–Crippen MR) is 122 cm³/mol. The molecule has 0 heterocycles. The number of amides is 1. The van der Waals surface area contributed by atoms with E-state index in [0.29, 0.717) is 12.8 Å². The van der Waals surface area contributed by atoms with Crippen LogP contribution in [0.5, 0.6) is 5.75 Å². The molecule has 7 heteroatoms. The fourth-order valence-electron chi connectivity index (χ4n) is 3.89. The highest BCUT2D eigenvalue weighted by Gasteiger charge is 2.21. The molecule has 0 aliphatic heterocycles. The van der Waals surface area contributed by atoms with Gasteiger partial charge in [0.15, 0.2) is 0 Å². The van der Waals surface area contributed by atoms with E-state index in [4.69, 9.17) is 4.74 Å². The van der Waals surface area contributed by atoms with E-state index >= 15 is 0 Å². The third-order valence-corrected chi connectivity index (χ3v) is 7.33. The minimum Gasteiger partial charge on any atom is -0.497 e. The summed E-state index contributed by atoms with van der Waals surface area (Å²) in [7, 11) is -1.88. The smallest absolute Gasteiger partial charge is 0.240 e. The lowest BCUT2D eigenvalue weighted by molar-refractivity contribution is -0.121. The first-order valence-electron chi connectivity index (χ1n) is 10.9. The van der Waals surface area contributed by atoms with E-state index in [0.717, 1.165) is 42.6 Å². The molecule has 31 heavy (non-hydrogen) atoms. The predicted octanol–water partition coefficient (Wildman–Crippen LogP) is 4.12. The van der Waals surface area contributed by atoms with Gasteiger partial charge in [0.05, 0.1) is 18.0 Å². The van der Waals surface area contributed by atoms with Crippen molar-refractivity contribution >= 4 is 15.9 Å². The van der Waals surface area contributed by atoms with E-state index < -0.39 is 10.0 Å². The van der Waals surface area contributed by atoms with Crippen LogP contribution in [0, 0.1) is 0 Å². The summed E-state index contributed by atoms with van der Waals surface area (Å²) in [6.45, 7) is 1.94. The summed E-state index contributed by atoms with van der Waals surface area (Å²) in [6.07, 6.45) is 6.03. The van der Waals surface area contributed by atoms with Gasteiger partial charge in [-0.1, -0.05) is 43.5 Å². The number of ether oxygens (including phenoxy) is 1. The highest BCUT2D eigenvalue weighted by Crippen LogP contribution is 2.21. The SMILES string of the molecule is COc1ccc([C@H](C)NC(=O)CCc2ccc(S(=O)(=O)NC3CCCCC3)cc2)cc1. The molecule has 168 valence electrons. The average molecular weight is 445 g/mol. The summed E-state index contributed by atoms with van der Waals surface area (Å²) in [5.74, 6) is 0.737. The Kier molecular flexibility index (Phi) is 8.09. The van der Waals surface area contributed by atoms with Crippen LogP contribution in [0.2, 0.25) is 0 Å². The maximum Gasteiger partial charge on any atom is 0.240 e. The Morgan fingerprint density at radius 2 is 1.68 bits per heavy atom. The van der Waals surface area contributed by atoms with Crippen molar-refractivity contribution in [2.75, 3.05) is 7.11 Å². The van der Waals surface area contributed by atoms with E-state index in [-0.39, 0.29) is 22.9 Å². The lowest BCUT2D eigenvalue weighted by atomic mass is 9.96. The van der Waals surface area contributed by atoms with Gasteiger partial charge in [0.25, 0.3) is 0 Å². The van der Waals surface area contributed by atoms with E-state index in [1.807, 2.05) is 31.2 Å². The van der Waals surface area contributed by atoms with Crippen molar-refractivity contribution in [2.45, 2.75) is 68.8 Å². The zero-order valence-electron chi connectivity index (χ0n) is 18.3. The van der Waals surface area contributed by atoms with Crippen molar-refractivity contribution < 1.29 is 17.9 Å². The summed E-state index contributed by atoms with van der Waals surface area (Å²) in [5, 5.41) is 3.00. The second-order valence-electron chi connectivity index (χ2n) is 8.16. The molecule has 0 saturated heterocycles. The molecule has 1 aliphatic carbocycles. The molecule has 0 radical (unpaired) electrons. The minimum atomic E-state index is -3.50. The molecule has 1 saturated carbocycles.